The highest BCUT2D eigenvalue weighted by Gasteiger charge is 2.26. The van der Waals surface area contributed by atoms with Gasteiger partial charge in [0, 0.05) is 6.07 Å². The van der Waals surface area contributed by atoms with Crippen molar-refractivity contribution in [3.8, 4) is 11.5 Å². The van der Waals surface area contributed by atoms with Crippen LogP contribution in [0.4, 0.5) is 0 Å². The molecule has 0 aliphatic heterocycles. The molecule has 5 nitrogen and oxygen atoms in total. The standard InChI is InChI=1S/C9H9ClO3.C8Cl6O2/c1-12-6-3-4-7(9(10)11)8(5-6)13-2;9-3-1(7(13)15)4(10)6(12)2(5(3)11)8(14)16/h3-5H,1-2H3;. The number of carbonyl (C=O) groups is 3. The lowest BCUT2D eigenvalue weighted by molar-refractivity contribution is 0.107. The van der Waals surface area contributed by atoms with Gasteiger partial charge in [-0.3, -0.25) is 14.4 Å². The summed E-state index contributed by atoms with van der Waals surface area (Å²) in [5.74, 6) is 1.04. The van der Waals surface area contributed by atoms with Gasteiger partial charge in [0.2, 0.25) is 0 Å². The molecule has 2 aromatic rings. The summed E-state index contributed by atoms with van der Waals surface area (Å²) in [6.45, 7) is 0. The van der Waals surface area contributed by atoms with Crippen LogP contribution in [0.2, 0.25) is 20.1 Å². The van der Waals surface area contributed by atoms with Crippen LogP contribution in [0.25, 0.3) is 0 Å². The summed E-state index contributed by atoms with van der Waals surface area (Å²) >= 11 is 38.7. The molecule has 0 bridgehead atoms. The molecule has 0 aliphatic carbocycles. The van der Waals surface area contributed by atoms with Crippen LogP contribution in [0, 0.1) is 0 Å². The second-order valence-corrected chi connectivity index (χ2v) is 7.43. The van der Waals surface area contributed by atoms with E-state index >= 15 is 0 Å². The average Bonchev–Trinajstić information content (AvgIpc) is 2.66. The molecule has 0 saturated heterocycles. The van der Waals surface area contributed by atoms with Gasteiger partial charge in [0.05, 0.1) is 51.0 Å². The molecule has 2 rings (SSSR count). The summed E-state index contributed by atoms with van der Waals surface area (Å²) in [5, 5.41) is -3.47. The summed E-state index contributed by atoms with van der Waals surface area (Å²) < 4.78 is 9.92. The van der Waals surface area contributed by atoms with Crippen molar-refractivity contribution in [2.45, 2.75) is 0 Å². The second-order valence-electron chi connectivity index (χ2n) is 4.89. The van der Waals surface area contributed by atoms with Crippen LogP contribution in [-0.4, -0.2) is 29.9 Å². The summed E-state index contributed by atoms with van der Waals surface area (Å²) in [5.41, 5.74) is -0.187. The first-order valence-corrected chi connectivity index (χ1v) is 9.79. The highest BCUT2D eigenvalue weighted by atomic mass is 35.5. The van der Waals surface area contributed by atoms with Crippen LogP contribution in [-0.2, 0) is 0 Å². The van der Waals surface area contributed by atoms with E-state index in [4.69, 9.17) is 90.7 Å². The lowest BCUT2D eigenvalue weighted by Gasteiger charge is -2.10. The molecule has 0 fully saturated rings. The largest absolute Gasteiger partial charge is 0.497 e. The van der Waals surface area contributed by atoms with E-state index in [-0.39, 0.29) is 31.2 Å². The van der Waals surface area contributed by atoms with Gasteiger partial charge in [-0.1, -0.05) is 46.4 Å². The van der Waals surface area contributed by atoms with Crippen molar-refractivity contribution in [1.29, 1.82) is 0 Å². The van der Waals surface area contributed by atoms with Gasteiger partial charge >= 0.3 is 0 Å². The molecule has 0 N–H and O–H groups in total. The predicted molar refractivity (Wildman–Crippen MR) is 117 cm³/mol. The minimum absolute atomic E-state index is 0.262. The summed E-state index contributed by atoms with van der Waals surface area (Å²) in [6.07, 6.45) is 0. The van der Waals surface area contributed by atoms with Crippen LogP contribution in [0.15, 0.2) is 18.2 Å². The quantitative estimate of drug-likeness (QED) is 0.297. The number of methoxy groups -OCH3 is 2. The third-order valence-corrected chi connectivity index (χ3v) is 5.56. The molecule has 0 amide bonds. The molecule has 0 saturated carbocycles. The number of hydrogen-bond donors (Lipinski definition) is 0. The monoisotopic (exact) mass is 538 g/mol. The van der Waals surface area contributed by atoms with Crippen LogP contribution in [0.5, 0.6) is 11.5 Å². The number of carbonyl (C=O) groups excluding carboxylic acids is 3. The summed E-state index contributed by atoms with van der Waals surface area (Å²) in [7, 11) is 3.01. The molecule has 0 aliphatic rings. The Balaban J connectivity index is 0.000000296. The Kier molecular flexibility index (Phi) is 10.3. The minimum atomic E-state index is -0.938. The zero-order valence-electron chi connectivity index (χ0n) is 14.4. The number of benzene rings is 2. The first-order valence-electron chi connectivity index (χ1n) is 7.15. The number of halogens is 7. The third kappa shape index (κ3) is 6.28. The van der Waals surface area contributed by atoms with Gasteiger partial charge in [-0.2, -0.15) is 0 Å². The van der Waals surface area contributed by atoms with Crippen LogP contribution in [0.3, 0.4) is 0 Å². The van der Waals surface area contributed by atoms with Gasteiger partial charge in [-0.25, -0.2) is 0 Å². The molecule has 2 aromatic carbocycles. The molecule has 0 unspecified atom stereocenters. The van der Waals surface area contributed by atoms with Crippen LogP contribution in [0.1, 0.15) is 31.1 Å². The smallest absolute Gasteiger partial charge is 0.256 e. The van der Waals surface area contributed by atoms with Gasteiger partial charge in [0.25, 0.3) is 15.7 Å². The molecule has 29 heavy (non-hydrogen) atoms. The number of rotatable bonds is 5. The predicted octanol–water partition coefficient (Wildman–Crippen LogP) is 7.14. The highest BCUT2D eigenvalue weighted by molar-refractivity contribution is 6.73. The molecule has 0 aromatic heterocycles. The van der Waals surface area contributed by atoms with E-state index in [0.717, 1.165) is 0 Å². The van der Waals surface area contributed by atoms with Crippen molar-refractivity contribution in [2.24, 2.45) is 0 Å². The topological polar surface area (TPSA) is 69.7 Å². The molecule has 0 spiro atoms. The maximum atomic E-state index is 11.0. The molecular weight excluding hydrogens is 532 g/mol. The Hall–Kier alpha value is -0.920. The molecule has 0 radical (unpaired) electrons. The highest BCUT2D eigenvalue weighted by Crippen LogP contribution is 2.42. The zero-order chi connectivity index (χ0) is 22.5. The van der Waals surface area contributed by atoms with E-state index in [9.17, 15) is 14.4 Å². The van der Waals surface area contributed by atoms with Crippen molar-refractivity contribution in [3.05, 3.63) is 55.0 Å². The fourth-order valence-corrected chi connectivity index (χ4v) is 3.86. The Morgan fingerprint density at radius 3 is 1.38 bits per heavy atom. The summed E-state index contributed by atoms with van der Waals surface area (Å²) in [6, 6.07) is 4.82. The van der Waals surface area contributed by atoms with E-state index in [1.165, 1.54) is 14.2 Å². The Morgan fingerprint density at radius 2 is 1.10 bits per heavy atom. The Labute approximate surface area is 200 Å². The zero-order valence-corrected chi connectivity index (χ0v) is 19.7. The van der Waals surface area contributed by atoms with Crippen LogP contribution >= 0.6 is 81.2 Å². The van der Waals surface area contributed by atoms with Crippen molar-refractivity contribution in [1.82, 2.24) is 0 Å². The van der Waals surface area contributed by atoms with E-state index in [1.807, 2.05) is 0 Å². The molecule has 0 heterocycles. The van der Waals surface area contributed by atoms with Gasteiger partial charge in [-0.15, -0.1) is 0 Å². The van der Waals surface area contributed by atoms with Crippen LogP contribution < -0.4 is 9.47 Å². The Morgan fingerprint density at radius 1 is 0.690 bits per heavy atom. The van der Waals surface area contributed by atoms with Gasteiger partial charge < -0.3 is 9.47 Å². The molecule has 156 valence electrons. The van der Waals surface area contributed by atoms with Crippen molar-refractivity contribution in [2.75, 3.05) is 14.2 Å². The van der Waals surface area contributed by atoms with Gasteiger partial charge in [-0.05, 0) is 46.9 Å². The molecular formula is C17H9Cl7O5. The van der Waals surface area contributed by atoms with Gasteiger partial charge in [0.15, 0.2) is 0 Å². The fraction of sp³-hybridized carbons (Fsp3) is 0.118. The SMILES string of the molecule is COc1ccc(C(=O)Cl)c(OC)c1.O=C(Cl)c1c(Cl)c(Cl)c(C(=O)Cl)c(Cl)c1Cl. The maximum absolute atomic E-state index is 11.0. The third-order valence-electron chi connectivity index (χ3n) is 3.28. The normalized spacial score (nSPS) is 9.97. The lowest BCUT2D eigenvalue weighted by atomic mass is 10.1. The summed E-state index contributed by atoms with van der Waals surface area (Å²) in [4.78, 5) is 32.9. The Bertz CT molecular complexity index is 901. The van der Waals surface area contributed by atoms with Crippen molar-refractivity contribution >= 4 is 96.9 Å². The van der Waals surface area contributed by atoms with E-state index in [0.29, 0.717) is 17.1 Å². The molecule has 0 atom stereocenters. The fourth-order valence-electron chi connectivity index (χ4n) is 1.94. The van der Waals surface area contributed by atoms with E-state index in [2.05, 4.69) is 0 Å². The minimum Gasteiger partial charge on any atom is -0.497 e. The first-order chi connectivity index (χ1) is 13.5. The van der Waals surface area contributed by atoms with E-state index in [1.54, 1.807) is 18.2 Å². The van der Waals surface area contributed by atoms with Crippen molar-refractivity contribution in [3.63, 3.8) is 0 Å². The van der Waals surface area contributed by atoms with E-state index < -0.39 is 15.7 Å². The number of hydrogen-bond acceptors (Lipinski definition) is 5. The van der Waals surface area contributed by atoms with Gasteiger partial charge in [0.1, 0.15) is 11.5 Å². The second kappa shape index (κ2) is 11.5. The average molecular weight is 541 g/mol. The first kappa shape index (κ1) is 26.1. The lowest BCUT2D eigenvalue weighted by Crippen LogP contribution is -2.01. The number of ether oxygens (including phenoxy) is 2. The molecule has 12 heteroatoms. The van der Waals surface area contributed by atoms with Crippen molar-refractivity contribution < 1.29 is 23.9 Å². The maximum Gasteiger partial charge on any atom is 0.256 e.